The fraction of sp³-hybridized carbons (Fsp3) is 0.500. The van der Waals surface area contributed by atoms with Gasteiger partial charge in [0.2, 0.25) is 5.91 Å². The molecule has 1 fully saturated rings. The molecule has 1 aliphatic heterocycles. The summed E-state index contributed by atoms with van der Waals surface area (Å²) in [6.07, 6.45) is 5.40. The first-order valence-corrected chi connectivity index (χ1v) is 11.1. The Morgan fingerprint density at radius 3 is 2.78 bits per heavy atom. The Morgan fingerprint density at radius 1 is 1.22 bits per heavy atom. The minimum absolute atomic E-state index is 0.0161. The Morgan fingerprint density at radius 2 is 2.03 bits per heavy atom. The normalized spacial score (nSPS) is 19.2. The highest BCUT2D eigenvalue weighted by Crippen LogP contribution is 2.45. The van der Waals surface area contributed by atoms with Crippen LogP contribution in [0.2, 0.25) is 0 Å². The molecule has 0 radical (unpaired) electrons. The third kappa shape index (κ3) is 4.71. The number of hydrogen-bond donors (Lipinski definition) is 4. The molecule has 0 atom stereocenters. The minimum atomic E-state index is -0.348. The molecule has 2 heterocycles. The number of hydrogen-bond acceptors (Lipinski definition) is 8. The van der Waals surface area contributed by atoms with Gasteiger partial charge in [0.05, 0.1) is 6.20 Å². The third-order valence-electron chi connectivity index (χ3n) is 5.89. The fourth-order valence-corrected chi connectivity index (χ4v) is 4.20. The van der Waals surface area contributed by atoms with Gasteiger partial charge in [0.1, 0.15) is 18.0 Å². The molecule has 10 heteroatoms. The van der Waals surface area contributed by atoms with Crippen LogP contribution in [0.5, 0.6) is 17.2 Å². The van der Waals surface area contributed by atoms with Gasteiger partial charge in [0.25, 0.3) is 0 Å². The zero-order valence-corrected chi connectivity index (χ0v) is 18.0. The van der Waals surface area contributed by atoms with Crippen molar-refractivity contribution in [3.8, 4) is 17.2 Å². The maximum absolute atomic E-state index is 12.8. The Kier molecular flexibility index (Phi) is 6.91. The number of nitrogens with zero attached hydrogens (tertiary/aromatic N) is 2. The van der Waals surface area contributed by atoms with E-state index in [-0.39, 0.29) is 23.6 Å². The summed E-state index contributed by atoms with van der Waals surface area (Å²) in [5.41, 5.74) is 11.3. The summed E-state index contributed by atoms with van der Waals surface area (Å²) in [7, 11) is 0. The van der Waals surface area contributed by atoms with E-state index in [1.165, 1.54) is 0 Å². The van der Waals surface area contributed by atoms with Crippen molar-refractivity contribution in [2.24, 2.45) is 17.4 Å². The number of nitrogens with two attached hydrogens (primary N) is 2. The molecule has 0 bridgehead atoms. The van der Waals surface area contributed by atoms with E-state index in [9.17, 15) is 9.59 Å². The van der Waals surface area contributed by atoms with Gasteiger partial charge in [0.15, 0.2) is 17.3 Å². The van der Waals surface area contributed by atoms with E-state index in [0.717, 1.165) is 32.1 Å². The second kappa shape index (κ2) is 10.0. The lowest BCUT2D eigenvalue weighted by Gasteiger charge is -2.30. The summed E-state index contributed by atoms with van der Waals surface area (Å²) >= 11 is 0. The highest BCUT2D eigenvalue weighted by molar-refractivity contribution is 5.79. The SMILES string of the molecule is NCCCNC(=O)C1CCC(n2cc3c(nc2=O)Nc2c(OCCN)cccc2O3)CC1. The molecule has 0 unspecified atom stereocenters. The summed E-state index contributed by atoms with van der Waals surface area (Å²) < 4.78 is 13.3. The van der Waals surface area contributed by atoms with Crippen LogP contribution in [0.3, 0.4) is 0 Å². The van der Waals surface area contributed by atoms with Crippen LogP contribution in [-0.4, -0.2) is 41.7 Å². The van der Waals surface area contributed by atoms with Crippen LogP contribution in [0, 0.1) is 5.92 Å². The Hall–Kier alpha value is -3.11. The smallest absolute Gasteiger partial charge is 0.350 e. The first-order valence-electron chi connectivity index (χ1n) is 11.1. The molecule has 6 N–H and O–H groups in total. The van der Waals surface area contributed by atoms with E-state index in [4.69, 9.17) is 20.9 Å². The maximum Gasteiger partial charge on any atom is 0.350 e. The molecule has 1 aliphatic carbocycles. The van der Waals surface area contributed by atoms with E-state index >= 15 is 0 Å². The van der Waals surface area contributed by atoms with Crippen LogP contribution < -0.4 is 37.3 Å². The summed E-state index contributed by atoms with van der Waals surface area (Å²) in [5.74, 6) is 2.07. The van der Waals surface area contributed by atoms with Crippen LogP contribution in [0.4, 0.5) is 11.5 Å². The maximum atomic E-state index is 12.8. The summed E-state index contributed by atoms with van der Waals surface area (Å²) in [5, 5.41) is 6.10. The first kappa shape index (κ1) is 22.1. The minimum Gasteiger partial charge on any atom is -0.490 e. The number of rotatable bonds is 8. The molecule has 172 valence electrons. The van der Waals surface area contributed by atoms with Crippen LogP contribution in [0.15, 0.2) is 29.2 Å². The van der Waals surface area contributed by atoms with Gasteiger partial charge in [-0.3, -0.25) is 9.36 Å². The second-order valence-electron chi connectivity index (χ2n) is 8.08. The van der Waals surface area contributed by atoms with Crippen molar-refractivity contribution >= 4 is 17.4 Å². The van der Waals surface area contributed by atoms with E-state index in [2.05, 4.69) is 15.6 Å². The van der Waals surface area contributed by atoms with E-state index in [1.807, 2.05) is 18.2 Å². The van der Waals surface area contributed by atoms with Crippen LogP contribution in [0.25, 0.3) is 0 Å². The van der Waals surface area contributed by atoms with Gasteiger partial charge < -0.3 is 31.6 Å². The molecule has 4 rings (SSSR count). The zero-order chi connectivity index (χ0) is 22.5. The molecule has 2 aliphatic rings. The van der Waals surface area contributed by atoms with Gasteiger partial charge in [-0.05, 0) is 50.8 Å². The lowest BCUT2D eigenvalue weighted by atomic mass is 9.85. The summed E-state index contributed by atoms with van der Waals surface area (Å²) in [4.78, 5) is 29.3. The van der Waals surface area contributed by atoms with E-state index < -0.39 is 0 Å². The number of carbonyl (C=O) groups is 1. The molecular weight excluding hydrogens is 412 g/mol. The van der Waals surface area contributed by atoms with Gasteiger partial charge in [-0.15, -0.1) is 0 Å². The van der Waals surface area contributed by atoms with Gasteiger partial charge in [-0.1, -0.05) is 6.07 Å². The second-order valence-corrected chi connectivity index (χ2v) is 8.08. The standard InChI is InChI=1S/C22H30N6O4/c23-9-2-11-25-21(29)14-5-7-15(8-6-14)28-13-18-20(27-22(28)30)26-19-16(31-12-10-24)3-1-4-17(19)32-18/h1,3-4,13-15H,2,5-12,23-24H2,(H,25,29)(H,26,27,30). The molecule has 1 aromatic heterocycles. The van der Waals surface area contributed by atoms with Gasteiger partial charge >= 0.3 is 5.69 Å². The first-order chi connectivity index (χ1) is 15.6. The number of carbonyl (C=O) groups excluding carboxylic acids is 1. The highest BCUT2D eigenvalue weighted by atomic mass is 16.5. The topological polar surface area (TPSA) is 147 Å². The quantitative estimate of drug-likeness (QED) is 0.385. The zero-order valence-electron chi connectivity index (χ0n) is 18.0. The number of ether oxygens (including phenoxy) is 2. The Balaban J connectivity index is 1.45. The van der Waals surface area contributed by atoms with Crippen molar-refractivity contribution in [3.05, 3.63) is 34.9 Å². The molecule has 2 aromatic rings. The van der Waals surface area contributed by atoms with Crippen molar-refractivity contribution < 1.29 is 14.3 Å². The van der Waals surface area contributed by atoms with Crippen molar-refractivity contribution in [1.29, 1.82) is 0 Å². The molecule has 1 amide bonds. The Bertz CT molecular complexity index is 1020. The molecular formula is C22H30N6O4. The van der Waals surface area contributed by atoms with Crippen LogP contribution in [0.1, 0.15) is 38.1 Å². The number of nitrogens with one attached hydrogen (secondary N) is 2. The monoisotopic (exact) mass is 442 g/mol. The number of benzene rings is 1. The predicted molar refractivity (Wildman–Crippen MR) is 121 cm³/mol. The molecule has 32 heavy (non-hydrogen) atoms. The van der Waals surface area contributed by atoms with Gasteiger partial charge in [-0.25, -0.2) is 4.79 Å². The third-order valence-corrected chi connectivity index (χ3v) is 5.89. The number of fused-ring (bicyclic) bond motifs is 2. The van der Waals surface area contributed by atoms with Gasteiger partial charge in [-0.2, -0.15) is 4.98 Å². The van der Waals surface area contributed by atoms with Crippen molar-refractivity contribution in [1.82, 2.24) is 14.9 Å². The molecule has 0 spiro atoms. The molecule has 0 saturated heterocycles. The number of amides is 1. The number of aromatic nitrogens is 2. The van der Waals surface area contributed by atoms with Crippen LogP contribution in [-0.2, 0) is 4.79 Å². The molecule has 1 aromatic carbocycles. The van der Waals surface area contributed by atoms with Crippen LogP contribution >= 0.6 is 0 Å². The van der Waals surface area contributed by atoms with Crippen molar-refractivity contribution in [2.45, 2.75) is 38.1 Å². The summed E-state index contributed by atoms with van der Waals surface area (Å²) in [6, 6.07) is 5.45. The van der Waals surface area contributed by atoms with Crippen molar-refractivity contribution in [3.63, 3.8) is 0 Å². The van der Waals surface area contributed by atoms with E-state index in [0.29, 0.717) is 55.0 Å². The fourth-order valence-electron chi connectivity index (χ4n) is 4.20. The van der Waals surface area contributed by atoms with Gasteiger partial charge in [0, 0.05) is 25.0 Å². The number of para-hydroxylation sites is 1. The van der Waals surface area contributed by atoms with E-state index in [1.54, 1.807) is 10.8 Å². The highest BCUT2D eigenvalue weighted by Gasteiger charge is 2.29. The predicted octanol–water partition coefficient (Wildman–Crippen LogP) is 1.63. The largest absolute Gasteiger partial charge is 0.490 e. The molecule has 1 saturated carbocycles. The van der Waals surface area contributed by atoms with Crippen molar-refractivity contribution in [2.75, 3.05) is 31.6 Å². The average molecular weight is 443 g/mol. The molecule has 10 nitrogen and oxygen atoms in total. The lowest BCUT2D eigenvalue weighted by molar-refractivity contribution is -0.126. The summed E-state index contributed by atoms with van der Waals surface area (Å²) in [6.45, 7) is 1.92. The number of anilines is 2. The average Bonchev–Trinajstić information content (AvgIpc) is 2.81. The lowest BCUT2D eigenvalue weighted by Crippen LogP contribution is -2.36. The Labute approximate surface area is 186 Å².